The van der Waals surface area contributed by atoms with Crippen LogP contribution in [0.2, 0.25) is 0 Å². The number of nitrogens with one attached hydrogen (secondary N) is 3. The molecule has 2 aliphatic rings. The number of pyridine rings is 2. The van der Waals surface area contributed by atoms with Gasteiger partial charge in [0.25, 0.3) is 5.91 Å². The van der Waals surface area contributed by atoms with Crippen LogP contribution >= 0.6 is 0 Å². The van der Waals surface area contributed by atoms with E-state index in [4.69, 9.17) is 14.2 Å². The minimum Gasteiger partial charge on any atom is -0.444 e. The molecule has 0 spiro atoms. The van der Waals surface area contributed by atoms with Crippen LogP contribution in [0.3, 0.4) is 0 Å². The van der Waals surface area contributed by atoms with Crippen LogP contribution in [0, 0.1) is 5.92 Å². The van der Waals surface area contributed by atoms with E-state index in [2.05, 4.69) is 25.9 Å². The van der Waals surface area contributed by atoms with Crippen molar-refractivity contribution in [3.05, 3.63) is 96.0 Å². The lowest BCUT2D eigenvalue weighted by Gasteiger charge is -2.40. The molecule has 0 saturated carbocycles. The standard InChI is InChI=1S/C39H41F3N6O6/c1-38(2,3)54-37(51)44-29-19-28(39(40,41)42)21-48(22-29)33-11-14-43-20-32(33)46-35(49)34-31(47-36(50)53-23-24-7-5-4-6-8-24)18-27-10-9-26(17-30(27)45-34)25-12-15-52-16-13-25/h4-12,14,17-18,20,28-29H,13,15-16,19,21-23H2,1-3H3,(H,44,51)(H,46,49)(H,47,50)/t28?,29-/m0/s1. The summed E-state index contributed by atoms with van der Waals surface area (Å²) in [6.45, 7) is 5.58. The minimum atomic E-state index is -4.56. The number of amides is 3. The fourth-order valence-electron chi connectivity index (χ4n) is 6.35. The molecule has 2 aliphatic heterocycles. The number of nitrogens with zero attached hydrogens (tertiary/aromatic N) is 3. The second-order valence-corrected chi connectivity index (χ2v) is 14.1. The molecule has 0 aliphatic carbocycles. The highest BCUT2D eigenvalue weighted by Gasteiger charge is 2.45. The molecule has 6 rings (SSSR count). The lowest BCUT2D eigenvalue weighted by Crippen LogP contribution is -2.54. The molecular formula is C39H41F3N6O6. The Kier molecular flexibility index (Phi) is 11.4. The zero-order valence-electron chi connectivity index (χ0n) is 30.0. The van der Waals surface area contributed by atoms with Crippen molar-refractivity contribution in [1.29, 1.82) is 0 Å². The summed E-state index contributed by atoms with van der Waals surface area (Å²) in [6, 6.07) is 16.9. The third kappa shape index (κ3) is 9.83. The van der Waals surface area contributed by atoms with E-state index in [1.54, 1.807) is 39.0 Å². The van der Waals surface area contributed by atoms with Crippen molar-refractivity contribution in [2.45, 2.75) is 58.0 Å². The van der Waals surface area contributed by atoms with Gasteiger partial charge in [0.2, 0.25) is 0 Å². The monoisotopic (exact) mass is 746 g/mol. The SMILES string of the molecule is CC(C)(C)OC(=O)N[C@H]1CC(C(F)(F)F)CN(c2ccncc2NC(=O)c2nc3cc(C4=CCOCC4)ccc3cc2NC(=O)OCc2ccccc2)C1. The van der Waals surface area contributed by atoms with Crippen molar-refractivity contribution in [2.24, 2.45) is 5.92 Å². The van der Waals surface area contributed by atoms with E-state index >= 15 is 0 Å². The normalized spacial score (nSPS) is 17.7. The summed E-state index contributed by atoms with van der Waals surface area (Å²) in [7, 11) is 0. The van der Waals surface area contributed by atoms with Gasteiger partial charge in [0.15, 0.2) is 5.69 Å². The van der Waals surface area contributed by atoms with E-state index in [0.717, 1.165) is 16.7 Å². The van der Waals surface area contributed by atoms with Crippen molar-refractivity contribution < 1.29 is 41.8 Å². The van der Waals surface area contributed by atoms with Gasteiger partial charge in [-0.2, -0.15) is 13.2 Å². The molecule has 15 heteroatoms. The smallest absolute Gasteiger partial charge is 0.412 e. The van der Waals surface area contributed by atoms with E-state index in [-0.39, 0.29) is 42.3 Å². The number of halogens is 3. The maximum atomic E-state index is 14.2. The van der Waals surface area contributed by atoms with Gasteiger partial charge in [0, 0.05) is 24.7 Å². The largest absolute Gasteiger partial charge is 0.444 e. The molecule has 4 heterocycles. The maximum absolute atomic E-state index is 14.2. The summed E-state index contributed by atoms with van der Waals surface area (Å²) in [5.41, 5.74) is 2.59. The Hall–Kier alpha value is -5.70. The predicted molar refractivity (Wildman–Crippen MR) is 197 cm³/mol. The van der Waals surface area contributed by atoms with Gasteiger partial charge in [0.05, 0.1) is 53.9 Å². The molecule has 1 unspecified atom stereocenters. The van der Waals surface area contributed by atoms with Gasteiger partial charge in [-0.15, -0.1) is 0 Å². The van der Waals surface area contributed by atoms with E-state index in [1.165, 1.54) is 23.4 Å². The molecule has 3 amide bonds. The number of carbonyl (C=O) groups excluding carboxylic acids is 3. The summed E-state index contributed by atoms with van der Waals surface area (Å²) in [6.07, 6.45) is -1.17. The quantitative estimate of drug-likeness (QED) is 0.165. The Balaban J connectivity index is 1.30. The highest BCUT2D eigenvalue weighted by molar-refractivity contribution is 6.11. The molecular weight excluding hydrogens is 705 g/mol. The van der Waals surface area contributed by atoms with Crippen LogP contribution in [0.1, 0.15) is 55.2 Å². The molecule has 54 heavy (non-hydrogen) atoms. The Labute approximate surface area is 310 Å². The molecule has 1 saturated heterocycles. The van der Waals surface area contributed by atoms with Crippen LogP contribution in [0.25, 0.3) is 16.5 Å². The zero-order valence-corrected chi connectivity index (χ0v) is 30.0. The van der Waals surface area contributed by atoms with Crippen molar-refractivity contribution in [2.75, 3.05) is 41.8 Å². The topological polar surface area (TPSA) is 144 Å². The van der Waals surface area contributed by atoms with Crippen LogP contribution in [-0.2, 0) is 20.8 Å². The number of aromatic nitrogens is 2. The molecule has 0 radical (unpaired) electrons. The van der Waals surface area contributed by atoms with Gasteiger partial charge >= 0.3 is 18.4 Å². The molecule has 3 N–H and O–H groups in total. The van der Waals surface area contributed by atoms with Crippen molar-refractivity contribution in [3.63, 3.8) is 0 Å². The van der Waals surface area contributed by atoms with Crippen molar-refractivity contribution in [1.82, 2.24) is 15.3 Å². The first kappa shape index (κ1) is 38.0. The molecule has 2 atom stereocenters. The summed E-state index contributed by atoms with van der Waals surface area (Å²) >= 11 is 0. The zero-order chi connectivity index (χ0) is 38.5. The fourth-order valence-corrected chi connectivity index (χ4v) is 6.35. The Bertz CT molecular complexity index is 2040. The number of hydrogen-bond donors (Lipinski definition) is 3. The minimum absolute atomic E-state index is 0.00331. The number of ether oxygens (including phenoxy) is 3. The number of hydrogen-bond acceptors (Lipinski definition) is 9. The van der Waals surface area contributed by atoms with Gasteiger partial charge < -0.3 is 29.7 Å². The molecule has 0 bridgehead atoms. The average molecular weight is 747 g/mol. The first-order chi connectivity index (χ1) is 25.7. The summed E-state index contributed by atoms with van der Waals surface area (Å²) in [4.78, 5) is 50.0. The highest BCUT2D eigenvalue weighted by atomic mass is 19.4. The molecule has 2 aromatic heterocycles. The Morgan fingerprint density at radius 2 is 1.76 bits per heavy atom. The lowest BCUT2D eigenvalue weighted by molar-refractivity contribution is -0.177. The second kappa shape index (κ2) is 16.1. The van der Waals surface area contributed by atoms with Crippen LogP contribution < -0.4 is 20.9 Å². The molecule has 284 valence electrons. The van der Waals surface area contributed by atoms with Gasteiger partial charge in [-0.3, -0.25) is 15.1 Å². The fraction of sp³-hybridized carbons (Fsp3) is 0.359. The Morgan fingerprint density at radius 1 is 0.963 bits per heavy atom. The van der Waals surface area contributed by atoms with Crippen molar-refractivity contribution in [3.8, 4) is 0 Å². The summed E-state index contributed by atoms with van der Waals surface area (Å²) < 4.78 is 58.8. The maximum Gasteiger partial charge on any atom is 0.412 e. The number of anilines is 3. The number of alkyl carbamates (subject to hydrolysis) is 1. The van der Waals surface area contributed by atoms with Gasteiger partial charge in [-0.1, -0.05) is 48.5 Å². The number of carbonyl (C=O) groups is 3. The third-order valence-corrected chi connectivity index (χ3v) is 8.84. The van der Waals surface area contributed by atoms with Crippen LogP contribution in [0.4, 0.5) is 39.8 Å². The van der Waals surface area contributed by atoms with E-state index in [9.17, 15) is 27.6 Å². The molecule has 2 aromatic carbocycles. The lowest BCUT2D eigenvalue weighted by atomic mass is 9.93. The summed E-state index contributed by atoms with van der Waals surface area (Å²) in [5.74, 6) is -2.55. The average Bonchev–Trinajstić information content (AvgIpc) is 3.13. The van der Waals surface area contributed by atoms with Crippen LogP contribution in [0.15, 0.2) is 79.1 Å². The van der Waals surface area contributed by atoms with Gasteiger partial charge in [-0.25, -0.2) is 14.6 Å². The first-order valence-electron chi connectivity index (χ1n) is 17.5. The van der Waals surface area contributed by atoms with E-state index in [0.29, 0.717) is 30.5 Å². The number of rotatable bonds is 8. The third-order valence-electron chi connectivity index (χ3n) is 8.84. The number of piperidine rings is 1. The predicted octanol–water partition coefficient (Wildman–Crippen LogP) is 7.72. The number of benzene rings is 2. The van der Waals surface area contributed by atoms with Crippen LogP contribution in [0.5, 0.6) is 0 Å². The highest BCUT2D eigenvalue weighted by Crippen LogP contribution is 2.37. The molecule has 4 aromatic rings. The van der Waals surface area contributed by atoms with E-state index in [1.807, 2.05) is 42.5 Å². The van der Waals surface area contributed by atoms with Gasteiger partial charge in [0.1, 0.15) is 12.2 Å². The van der Waals surface area contributed by atoms with Crippen molar-refractivity contribution >= 4 is 51.6 Å². The van der Waals surface area contributed by atoms with Crippen LogP contribution in [-0.4, -0.2) is 72.2 Å². The van der Waals surface area contributed by atoms with Gasteiger partial charge in [-0.05, 0) is 68.5 Å². The summed E-state index contributed by atoms with van der Waals surface area (Å²) in [5, 5.41) is 8.62. The second-order valence-electron chi connectivity index (χ2n) is 14.1. The molecule has 12 nitrogen and oxygen atoms in total. The number of fused-ring (bicyclic) bond motifs is 1. The van der Waals surface area contributed by atoms with E-state index < -0.39 is 48.4 Å². The Morgan fingerprint density at radius 3 is 2.48 bits per heavy atom. The first-order valence-corrected chi connectivity index (χ1v) is 17.5. The molecule has 1 fully saturated rings. The number of alkyl halides is 3.